The molecule has 0 saturated carbocycles. The topological polar surface area (TPSA) is 54.8 Å². The van der Waals surface area contributed by atoms with Crippen molar-refractivity contribution in [2.24, 2.45) is 0 Å². The molecule has 11 rings (SSSR count). The summed E-state index contributed by atoms with van der Waals surface area (Å²) in [4.78, 5) is 19.6. The van der Waals surface area contributed by atoms with Crippen LogP contribution in [-0.4, -0.2) is 19.9 Å². The first-order valence-electron chi connectivity index (χ1n) is 19.1. The molecular weight excluding hydrogens is 695 g/mol. The second-order valence-corrected chi connectivity index (χ2v) is 14.5. The highest BCUT2D eigenvalue weighted by molar-refractivity contribution is 6.09. The van der Waals surface area contributed by atoms with Crippen LogP contribution < -0.4 is 4.90 Å². The van der Waals surface area contributed by atoms with Gasteiger partial charge in [-0.2, -0.15) is 0 Å². The van der Waals surface area contributed by atoms with Gasteiger partial charge in [-0.1, -0.05) is 115 Å². The van der Waals surface area contributed by atoms with Gasteiger partial charge >= 0.3 is 0 Å². The van der Waals surface area contributed by atoms with E-state index < -0.39 is 0 Å². The minimum atomic E-state index is 0.931. The molecule has 0 radical (unpaired) electrons. The molecule has 5 heteroatoms. The number of hydrogen-bond acceptors (Lipinski definition) is 5. The summed E-state index contributed by atoms with van der Waals surface area (Å²) in [6.45, 7) is 0. The summed E-state index contributed by atoms with van der Waals surface area (Å²) >= 11 is 0. The molecule has 0 N–H and O–H groups in total. The maximum atomic E-state index is 4.48. The second kappa shape index (κ2) is 13.5. The third-order valence-electron chi connectivity index (χ3n) is 11.1. The average molecular weight is 728 g/mol. The van der Waals surface area contributed by atoms with Gasteiger partial charge in [0.1, 0.15) is 12.7 Å². The number of hydrogen-bond donors (Lipinski definition) is 0. The SMILES string of the molecule is c1ccc2cc(-c3ccc4c(ccc5cc(N(c6ccc(-c7ccc8cncnc8c7)cc6)c6ccc(-c7ccc8cncnc8c7)cc6)ccc54)c3)ccc2c1. The molecule has 11 aromatic rings. The molecule has 0 bridgehead atoms. The van der Waals surface area contributed by atoms with E-state index in [-0.39, 0.29) is 0 Å². The van der Waals surface area contributed by atoms with E-state index in [9.17, 15) is 0 Å². The van der Waals surface area contributed by atoms with Crippen molar-refractivity contribution in [3.63, 3.8) is 0 Å². The first kappa shape index (κ1) is 32.7. The van der Waals surface area contributed by atoms with E-state index in [0.29, 0.717) is 0 Å². The Hall–Kier alpha value is -7.76. The molecule has 2 heterocycles. The Kier molecular flexibility index (Phi) is 7.74. The van der Waals surface area contributed by atoms with Crippen LogP contribution in [0.4, 0.5) is 17.1 Å². The predicted octanol–water partition coefficient (Wildman–Crippen LogP) is 13.5. The van der Waals surface area contributed by atoms with Crippen LogP contribution in [0.15, 0.2) is 201 Å². The van der Waals surface area contributed by atoms with Gasteiger partial charge in [-0.3, -0.25) is 0 Å². The summed E-state index contributed by atoms with van der Waals surface area (Å²) in [6.07, 6.45) is 6.90. The van der Waals surface area contributed by atoms with Crippen LogP contribution in [0.1, 0.15) is 0 Å². The van der Waals surface area contributed by atoms with E-state index in [0.717, 1.165) is 61.1 Å². The van der Waals surface area contributed by atoms with E-state index in [1.54, 1.807) is 12.7 Å². The Morgan fingerprint density at radius 3 is 1.32 bits per heavy atom. The van der Waals surface area contributed by atoms with Gasteiger partial charge in [-0.05, 0) is 126 Å². The highest BCUT2D eigenvalue weighted by atomic mass is 15.1. The summed E-state index contributed by atoms with van der Waals surface area (Å²) in [5, 5.41) is 9.44. The van der Waals surface area contributed by atoms with Gasteiger partial charge in [0, 0.05) is 40.2 Å². The molecule has 0 aliphatic carbocycles. The van der Waals surface area contributed by atoms with Gasteiger partial charge in [0.25, 0.3) is 0 Å². The van der Waals surface area contributed by atoms with Crippen molar-refractivity contribution in [3.8, 4) is 33.4 Å². The zero-order valence-electron chi connectivity index (χ0n) is 30.8. The number of rotatable bonds is 6. The molecular formula is C52H33N5. The molecule has 0 fully saturated rings. The van der Waals surface area contributed by atoms with Crippen molar-refractivity contribution in [2.45, 2.75) is 0 Å². The van der Waals surface area contributed by atoms with E-state index in [1.807, 2.05) is 12.4 Å². The molecule has 57 heavy (non-hydrogen) atoms. The van der Waals surface area contributed by atoms with Crippen molar-refractivity contribution in [2.75, 3.05) is 4.90 Å². The number of benzene rings is 9. The lowest BCUT2D eigenvalue weighted by molar-refractivity contribution is 1.22. The molecule has 5 nitrogen and oxygen atoms in total. The van der Waals surface area contributed by atoms with Crippen LogP contribution in [0.3, 0.4) is 0 Å². The summed E-state index contributed by atoms with van der Waals surface area (Å²) in [7, 11) is 0. The van der Waals surface area contributed by atoms with Crippen molar-refractivity contribution >= 4 is 71.2 Å². The smallest absolute Gasteiger partial charge is 0.116 e. The monoisotopic (exact) mass is 727 g/mol. The van der Waals surface area contributed by atoms with E-state index in [2.05, 4.69) is 201 Å². The van der Waals surface area contributed by atoms with E-state index in [4.69, 9.17) is 0 Å². The number of nitrogens with zero attached hydrogens (tertiary/aromatic N) is 5. The third kappa shape index (κ3) is 5.99. The Bertz CT molecular complexity index is 3180. The number of anilines is 3. The fourth-order valence-electron chi connectivity index (χ4n) is 8.11. The minimum absolute atomic E-state index is 0.931. The first-order chi connectivity index (χ1) is 28.2. The fraction of sp³-hybridized carbons (Fsp3) is 0. The minimum Gasteiger partial charge on any atom is -0.310 e. The lowest BCUT2D eigenvalue weighted by Crippen LogP contribution is -2.09. The van der Waals surface area contributed by atoms with Crippen LogP contribution in [0.2, 0.25) is 0 Å². The lowest BCUT2D eigenvalue weighted by atomic mass is 9.96. The fourth-order valence-corrected chi connectivity index (χ4v) is 8.11. The summed E-state index contributed by atoms with van der Waals surface area (Å²) in [6, 6.07) is 63.7. The maximum Gasteiger partial charge on any atom is 0.116 e. The normalized spacial score (nSPS) is 11.5. The highest BCUT2D eigenvalue weighted by Crippen LogP contribution is 2.40. The molecule has 0 amide bonds. The molecule has 0 atom stereocenters. The van der Waals surface area contributed by atoms with Gasteiger partial charge in [0.05, 0.1) is 11.0 Å². The van der Waals surface area contributed by atoms with E-state index in [1.165, 1.54) is 43.4 Å². The molecule has 9 aromatic carbocycles. The van der Waals surface area contributed by atoms with Crippen LogP contribution >= 0.6 is 0 Å². The van der Waals surface area contributed by atoms with Gasteiger partial charge in [0.15, 0.2) is 0 Å². The van der Waals surface area contributed by atoms with Gasteiger partial charge in [-0.15, -0.1) is 0 Å². The number of aromatic nitrogens is 4. The van der Waals surface area contributed by atoms with Crippen molar-refractivity contribution in [1.29, 1.82) is 0 Å². The molecule has 266 valence electrons. The number of fused-ring (bicyclic) bond motifs is 6. The van der Waals surface area contributed by atoms with Crippen molar-refractivity contribution < 1.29 is 0 Å². The third-order valence-corrected chi connectivity index (χ3v) is 11.1. The van der Waals surface area contributed by atoms with E-state index >= 15 is 0 Å². The largest absolute Gasteiger partial charge is 0.310 e. The lowest BCUT2D eigenvalue weighted by Gasteiger charge is -2.26. The Morgan fingerprint density at radius 2 is 0.719 bits per heavy atom. The Balaban J connectivity index is 0.981. The summed E-state index contributed by atoms with van der Waals surface area (Å²) in [5.74, 6) is 0. The first-order valence-corrected chi connectivity index (χ1v) is 19.1. The van der Waals surface area contributed by atoms with Crippen molar-refractivity contribution in [3.05, 3.63) is 201 Å². The van der Waals surface area contributed by atoms with Crippen LogP contribution in [0, 0.1) is 0 Å². The highest BCUT2D eigenvalue weighted by Gasteiger charge is 2.15. The van der Waals surface area contributed by atoms with Crippen LogP contribution in [-0.2, 0) is 0 Å². The molecule has 0 aliphatic rings. The summed E-state index contributed by atoms with van der Waals surface area (Å²) in [5.41, 5.74) is 12.0. The zero-order valence-corrected chi connectivity index (χ0v) is 30.8. The van der Waals surface area contributed by atoms with Crippen LogP contribution in [0.5, 0.6) is 0 Å². The van der Waals surface area contributed by atoms with Crippen LogP contribution in [0.25, 0.3) is 87.5 Å². The van der Waals surface area contributed by atoms with Gasteiger partial charge in [0.2, 0.25) is 0 Å². The molecule has 0 unspecified atom stereocenters. The Morgan fingerprint density at radius 1 is 0.298 bits per heavy atom. The molecule has 0 spiro atoms. The standard InChI is InChI=1S/C52H33N5/c1-2-4-37-25-38(6-5-34(37)3-1)39-17-23-49-42(26-39)9-10-43-27-48(22-24-50(43)49)57(46-18-13-35(14-19-46)40-7-11-44-30-53-32-55-51(44)28-40)47-20-15-36(16-21-47)41-8-12-45-31-54-33-56-52(45)29-41/h1-33H. The van der Waals surface area contributed by atoms with Crippen molar-refractivity contribution in [1.82, 2.24) is 19.9 Å². The maximum absolute atomic E-state index is 4.48. The zero-order chi connectivity index (χ0) is 37.7. The molecule has 0 saturated heterocycles. The van der Waals surface area contributed by atoms with Gasteiger partial charge in [-0.25, -0.2) is 19.9 Å². The predicted molar refractivity (Wildman–Crippen MR) is 236 cm³/mol. The quantitative estimate of drug-likeness (QED) is 0.160. The summed E-state index contributed by atoms with van der Waals surface area (Å²) < 4.78 is 0. The molecule has 0 aliphatic heterocycles. The Labute approximate surface area is 329 Å². The average Bonchev–Trinajstić information content (AvgIpc) is 3.29. The molecule has 2 aromatic heterocycles. The second-order valence-electron chi connectivity index (χ2n) is 14.5. The van der Waals surface area contributed by atoms with Gasteiger partial charge < -0.3 is 4.90 Å².